The first-order valence-corrected chi connectivity index (χ1v) is 7.98. The van der Waals surface area contributed by atoms with Crippen molar-refractivity contribution in [2.75, 3.05) is 20.3 Å². The molecular weight excluding hydrogens is 282 g/mol. The van der Waals surface area contributed by atoms with Crippen molar-refractivity contribution >= 4 is 11.3 Å². The molecule has 2 aromatic heterocycles. The first-order valence-electron chi connectivity index (χ1n) is 7.10. The lowest BCUT2D eigenvalue weighted by atomic mass is 9.93. The van der Waals surface area contributed by atoms with Gasteiger partial charge in [0.15, 0.2) is 0 Å². The van der Waals surface area contributed by atoms with E-state index in [0.29, 0.717) is 6.61 Å². The SMILES string of the molecule is COCCNC(c1cccnc1)c1nc(C(C)(C)C)cs1. The van der Waals surface area contributed by atoms with E-state index < -0.39 is 0 Å². The van der Waals surface area contributed by atoms with Gasteiger partial charge in [-0.25, -0.2) is 4.98 Å². The smallest absolute Gasteiger partial charge is 0.114 e. The second kappa shape index (κ2) is 7.11. The van der Waals surface area contributed by atoms with Gasteiger partial charge in [0.2, 0.25) is 0 Å². The number of rotatable bonds is 6. The topological polar surface area (TPSA) is 47.0 Å². The molecule has 0 aliphatic rings. The summed E-state index contributed by atoms with van der Waals surface area (Å²) in [4.78, 5) is 9.04. The summed E-state index contributed by atoms with van der Waals surface area (Å²) in [5.74, 6) is 0. The number of thiazole rings is 1. The van der Waals surface area contributed by atoms with E-state index in [2.05, 4.69) is 42.5 Å². The highest BCUT2D eigenvalue weighted by Crippen LogP contribution is 2.29. The van der Waals surface area contributed by atoms with E-state index in [1.807, 2.05) is 12.3 Å². The van der Waals surface area contributed by atoms with Crippen molar-refractivity contribution in [2.24, 2.45) is 0 Å². The molecule has 0 spiro atoms. The van der Waals surface area contributed by atoms with Crippen molar-refractivity contribution in [1.29, 1.82) is 0 Å². The second-order valence-electron chi connectivity index (χ2n) is 5.99. The van der Waals surface area contributed by atoms with Gasteiger partial charge in [-0.1, -0.05) is 26.8 Å². The van der Waals surface area contributed by atoms with Crippen molar-refractivity contribution < 1.29 is 4.74 Å². The van der Waals surface area contributed by atoms with Crippen LogP contribution in [0.4, 0.5) is 0 Å². The van der Waals surface area contributed by atoms with Gasteiger partial charge >= 0.3 is 0 Å². The molecule has 0 amide bonds. The third-order valence-electron chi connectivity index (χ3n) is 3.21. The molecule has 0 saturated carbocycles. The van der Waals surface area contributed by atoms with Crippen molar-refractivity contribution in [3.8, 4) is 0 Å². The lowest BCUT2D eigenvalue weighted by molar-refractivity contribution is 0.197. The first-order chi connectivity index (χ1) is 10.0. The minimum Gasteiger partial charge on any atom is -0.383 e. The molecule has 2 heterocycles. The highest BCUT2D eigenvalue weighted by atomic mass is 32.1. The van der Waals surface area contributed by atoms with E-state index in [1.54, 1.807) is 24.6 Å². The van der Waals surface area contributed by atoms with Crippen LogP contribution in [-0.4, -0.2) is 30.2 Å². The number of methoxy groups -OCH3 is 1. The Kier molecular flexibility index (Phi) is 5.45. The zero-order chi connectivity index (χ0) is 15.3. The molecule has 2 aromatic rings. The van der Waals surface area contributed by atoms with E-state index in [-0.39, 0.29) is 11.5 Å². The molecule has 4 nitrogen and oxygen atoms in total. The molecule has 5 heteroatoms. The summed E-state index contributed by atoms with van der Waals surface area (Å²) in [6.45, 7) is 8.00. The van der Waals surface area contributed by atoms with Crippen LogP contribution in [0.1, 0.15) is 43.1 Å². The van der Waals surface area contributed by atoms with Crippen molar-refractivity contribution in [1.82, 2.24) is 15.3 Å². The van der Waals surface area contributed by atoms with Gasteiger partial charge in [-0.15, -0.1) is 11.3 Å². The van der Waals surface area contributed by atoms with Gasteiger partial charge in [0.05, 0.1) is 18.3 Å². The molecule has 0 aliphatic heterocycles. The Morgan fingerprint density at radius 1 is 1.38 bits per heavy atom. The average molecular weight is 305 g/mol. The number of pyridine rings is 1. The molecule has 0 radical (unpaired) electrons. The summed E-state index contributed by atoms with van der Waals surface area (Å²) < 4.78 is 5.13. The number of aromatic nitrogens is 2. The highest BCUT2D eigenvalue weighted by Gasteiger charge is 2.22. The van der Waals surface area contributed by atoms with Gasteiger partial charge in [-0.3, -0.25) is 4.98 Å². The number of ether oxygens (including phenoxy) is 1. The van der Waals surface area contributed by atoms with Gasteiger partial charge in [-0.05, 0) is 11.6 Å². The Labute approximate surface area is 130 Å². The van der Waals surface area contributed by atoms with Crippen LogP contribution in [0.3, 0.4) is 0 Å². The van der Waals surface area contributed by atoms with Gasteiger partial charge in [0, 0.05) is 36.8 Å². The van der Waals surface area contributed by atoms with Gasteiger partial charge < -0.3 is 10.1 Å². The van der Waals surface area contributed by atoms with E-state index >= 15 is 0 Å². The molecule has 1 N–H and O–H groups in total. The Balaban J connectivity index is 2.25. The largest absolute Gasteiger partial charge is 0.383 e. The molecule has 0 aromatic carbocycles. The van der Waals surface area contributed by atoms with Crippen LogP contribution in [0.15, 0.2) is 29.9 Å². The summed E-state index contributed by atoms with van der Waals surface area (Å²) in [7, 11) is 1.71. The number of nitrogens with one attached hydrogen (secondary N) is 1. The van der Waals surface area contributed by atoms with Crippen molar-refractivity contribution in [3.05, 3.63) is 46.2 Å². The predicted octanol–water partition coefficient (Wildman–Crippen LogP) is 3.16. The van der Waals surface area contributed by atoms with Crippen LogP contribution in [0, 0.1) is 0 Å². The third-order valence-corrected chi connectivity index (χ3v) is 4.12. The highest BCUT2D eigenvalue weighted by molar-refractivity contribution is 7.09. The normalized spacial score (nSPS) is 13.3. The molecule has 21 heavy (non-hydrogen) atoms. The fraction of sp³-hybridized carbons (Fsp3) is 0.500. The van der Waals surface area contributed by atoms with E-state index in [1.165, 1.54) is 0 Å². The summed E-state index contributed by atoms with van der Waals surface area (Å²) >= 11 is 1.70. The second-order valence-corrected chi connectivity index (χ2v) is 6.88. The Morgan fingerprint density at radius 3 is 2.76 bits per heavy atom. The summed E-state index contributed by atoms with van der Waals surface area (Å²) in [6, 6.07) is 4.10. The van der Waals surface area contributed by atoms with E-state index in [9.17, 15) is 0 Å². The zero-order valence-electron chi connectivity index (χ0n) is 13.1. The summed E-state index contributed by atoms with van der Waals surface area (Å²) in [5.41, 5.74) is 2.33. The summed E-state index contributed by atoms with van der Waals surface area (Å²) in [5, 5.41) is 6.72. The molecule has 1 unspecified atom stereocenters. The molecule has 2 rings (SSSR count). The van der Waals surface area contributed by atoms with Crippen LogP contribution < -0.4 is 5.32 Å². The predicted molar refractivity (Wildman–Crippen MR) is 86.8 cm³/mol. The molecule has 0 aliphatic carbocycles. The monoisotopic (exact) mass is 305 g/mol. The molecule has 1 atom stereocenters. The van der Waals surface area contributed by atoms with Crippen LogP contribution in [-0.2, 0) is 10.2 Å². The van der Waals surface area contributed by atoms with E-state index in [4.69, 9.17) is 9.72 Å². The quantitative estimate of drug-likeness (QED) is 0.833. The maximum absolute atomic E-state index is 5.13. The maximum Gasteiger partial charge on any atom is 0.114 e. The minimum absolute atomic E-state index is 0.0648. The molecular formula is C16H23N3OS. The first kappa shape index (κ1) is 16.1. The standard InChI is InChI=1S/C16H23N3OS/c1-16(2,3)13-11-21-15(19-13)14(18-8-9-20-4)12-6-5-7-17-10-12/h5-7,10-11,14,18H,8-9H2,1-4H3. The fourth-order valence-electron chi connectivity index (χ4n) is 1.96. The minimum atomic E-state index is 0.0648. The van der Waals surface area contributed by atoms with Crippen molar-refractivity contribution in [2.45, 2.75) is 32.2 Å². The van der Waals surface area contributed by atoms with Crippen LogP contribution in [0.2, 0.25) is 0 Å². The lowest BCUT2D eigenvalue weighted by Crippen LogP contribution is -2.26. The molecule has 0 bridgehead atoms. The van der Waals surface area contributed by atoms with Crippen LogP contribution in [0.25, 0.3) is 0 Å². The molecule has 114 valence electrons. The lowest BCUT2D eigenvalue weighted by Gasteiger charge is -2.18. The number of hydrogen-bond donors (Lipinski definition) is 1. The van der Waals surface area contributed by atoms with Crippen LogP contribution in [0.5, 0.6) is 0 Å². The number of nitrogens with zero attached hydrogens (tertiary/aromatic N) is 2. The fourth-order valence-corrected chi connectivity index (χ4v) is 3.11. The van der Waals surface area contributed by atoms with Gasteiger partial charge in [0.25, 0.3) is 0 Å². The van der Waals surface area contributed by atoms with Crippen molar-refractivity contribution in [3.63, 3.8) is 0 Å². The molecule has 0 saturated heterocycles. The molecule has 0 fully saturated rings. The average Bonchev–Trinajstić information content (AvgIpc) is 2.94. The van der Waals surface area contributed by atoms with Gasteiger partial charge in [0.1, 0.15) is 5.01 Å². The summed E-state index contributed by atoms with van der Waals surface area (Å²) in [6.07, 6.45) is 3.68. The van der Waals surface area contributed by atoms with E-state index in [0.717, 1.165) is 22.8 Å². The Morgan fingerprint density at radius 2 is 2.19 bits per heavy atom. The Hall–Kier alpha value is -1.30. The van der Waals surface area contributed by atoms with Gasteiger partial charge in [-0.2, -0.15) is 0 Å². The Bertz CT molecular complexity index is 548. The maximum atomic E-state index is 5.13. The van der Waals surface area contributed by atoms with Crippen LogP contribution >= 0.6 is 11.3 Å². The number of hydrogen-bond acceptors (Lipinski definition) is 5. The third kappa shape index (κ3) is 4.33. The zero-order valence-corrected chi connectivity index (χ0v) is 13.9.